The maximum atomic E-state index is 12.6. The Morgan fingerprint density at radius 2 is 1.38 bits per heavy atom. The molecule has 0 unspecified atom stereocenters. The molecule has 1 saturated heterocycles. The van der Waals surface area contributed by atoms with Gasteiger partial charge in [0.15, 0.2) is 5.78 Å². The first-order valence-corrected chi connectivity index (χ1v) is 9.79. The smallest absolute Gasteiger partial charge is 0.253 e. The Bertz CT molecular complexity index is 867. The number of aryl methyl sites for hydroxylation is 1. The van der Waals surface area contributed by atoms with Gasteiger partial charge in [0.05, 0.1) is 7.11 Å². The first kappa shape index (κ1) is 20.6. The van der Waals surface area contributed by atoms with E-state index in [1.54, 1.807) is 48.4 Å². The number of methoxy groups -OCH3 is 1. The van der Waals surface area contributed by atoms with E-state index in [1.165, 1.54) is 6.92 Å². The summed E-state index contributed by atoms with van der Waals surface area (Å²) >= 11 is 0. The number of carbonyl (C=O) groups excluding carboxylic acids is 3. The zero-order valence-electron chi connectivity index (χ0n) is 16.9. The van der Waals surface area contributed by atoms with E-state index in [1.807, 2.05) is 17.0 Å². The van der Waals surface area contributed by atoms with Crippen LogP contribution in [-0.4, -0.2) is 60.7 Å². The van der Waals surface area contributed by atoms with Crippen molar-refractivity contribution in [2.24, 2.45) is 0 Å². The monoisotopic (exact) mass is 394 g/mol. The molecule has 1 heterocycles. The van der Waals surface area contributed by atoms with Crippen LogP contribution in [0.5, 0.6) is 5.75 Å². The molecule has 0 aliphatic carbocycles. The summed E-state index contributed by atoms with van der Waals surface area (Å²) in [6.07, 6.45) is 1.06. The largest absolute Gasteiger partial charge is 0.497 e. The number of hydrogen-bond donors (Lipinski definition) is 0. The van der Waals surface area contributed by atoms with Crippen molar-refractivity contribution in [3.8, 4) is 5.75 Å². The number of carbonyl (C=O) groups is 3. The van der Waals surface area contributed by atoms with Crippen molar-refractivity contribution in [1.82, 2.24) is 9.80 Å². The second-order valence-electron chi connectivity index (χ2n) is 7.15. The summed E-state index contributed by atoms with van der Waals surface area (Å²) in [7, 11) is 1.59. The zero-order chi connectivity index (χ0) is 20.8. The van der Waals surface area contributed by atoms with Crippen molar-refractivity contribution in [3.05, 3.63) is 65.2 Å². The molecule has 152 valence electrons. The molecule has 1 fully saturated rings. The van der Waals surface area contributed by atoms with Crippen molar-refractivity contribution >= 4 is 17.6 Å². The number of ketones is 1. The van der Waals surface area contributed by atoms with Crippen LogP contribution in [0, 0.1) is 0 Å². The summed E-state index contributed by atoms with van der Waals surface area (Å²) in [5, 5.41) is 0. The summed E-state index contributed by atoms with van der Waals surface area (Å²) in [6.45, 7) is 3.69. The quantitative estimate of drug-likeness (QED) is 0.707. The minimum atomic E-state index is -0.0229. The average molecular weight is 394 g/mol. The van der Waals surface area contributed by atoms with Crippen molar-refractivity contribution < 1.29 is 19.1 Å². The van der Waals surface area contributed by atoms with Gasteiger partial charge in [0.2, 0.25) is 5.91 Å². The van der Waals surface area contributed by atoms with E-state index >= 15 is 0 Å². The molecule has 0 atom stereocenters. The van der Waals surface area contributed by atoms with Crippen LogP contribution in [0.2, 0.25) is 0 Å². The lowest BCUT2D eigenvalue weighted by Crippen LogP contribution is -2.50. The van der Waals surface area contributed by atoms with E-state index in [0.717, 1.165) is 5.56 Å². The minimum Gasteiger partial charge on any atom is -0.497 e. The van der Waals surface area contributed by atoms with Gasteiger partial charge < -0.3 is 14.5 Å². The first-order valence-electron chi connectivity index (χ1n) is 9.79. The molecule has 0 radical (unpaired) electrons. The van der Waals surface area contributed by atoms with E-state index in [-0.39, 0.29) is 17.6 Å². The molecule has 0 saturated carbocycles. The first-order chi connectivity index (χ1) is 14.0. The van der Waals surface area contributed by atoms with Crippen LogP contribution in [0.15, 0.2) is 48.5 Å². The number of nitrogens with zero attached hydrogens (tertiary/aromatic N) is 2. The summed E-state index contributed by atoms with van der Waals surface area (Å²) in [5.74, 6) is 0.824. The van der Waals surface area contributed by atoms with Crippen LogP contribution in [0.25, 0.3) is 0 Å². The highest BCUT2D eigenvalue weighted by Crippen LogP contribution is 2.15. The van der Waals surface area contributed by atoms with Crippen molar-refractivity contribution in [2.45, 2.75) is 19.8 Å². The minimum absolute atomic E-state index is 0.0229. The molecule has 6 nitrogen and oxygen atoms in total. The number of hydrogen-bond acceptors (Lipinski definition) is 4. The van der Waals surface area contributed by atoms with Gasteiger partial charge in [0, 0.05) is 43.7 Å². The molecule has 6 heteroatoms. The Hall–Kier alpha value is -3.15. The van der Waals surface area contributed by atoms with Crippen molar-refractivity contribution in [1.29, 1.82) is 0 Å². The van der Waals surface area contributed by atoms with Crippen LogP contribution in [-0.2, 0) is 11.2 Å². The molecule has 0 aromatic heterocycles. The summed E-state index contributed by atoms with van der Waals surface area (Å²) < 4.78 is 5.12. The highest BCUT2D eigenvalue weighted by Gasteiger charge is 2.24. The molecule has 3 rings (SSSR count). The third-order valence-corrected chi connectivity index (χ3v) is 5.24. The van der Waals surface area contributed by atoms with Gasteiger partial charge in [-0.25, -0.2) is 0 Å². The van der Waals surface area contributed by atoms with Gasteiger partial charge in [0.1, 0.15) is 5.75 Å². The van der Waals surface area contributed by atoms with Gasteiger partial charge in [-0.15, -0.1) is 0 Å². The van der Waals surface area contributed by atoms with Gasteiger partial charge in [-0.2, -0.15) is 0 Å². The zero-order valence-corrected chi connectivity index (χ0v) is 16.9. The van der Waals surface area contributed by atoms with Crippen LogP contribution in [0.4, 0.5) is 0 Å². The van der Waals surface area contributed by atoms with E-state index in [2.05, 4.69) is 0 Å². The van der Waals surface area contributed by atoms with Crippen molar-refractivity contribution in [3.63, 3.8) is 0 Å². The number of ether oxygens (including phenoxy) is 1. The molecule has 2 amide bonds. The second-order valence-corrected chi connectivity index (χ2v) is 7.15. The molecule has 2 aromatic rings. The lowest BCUT2D eigenvalue weighted by Gasteiger charge is -2.35. The third-order valence-electron chi connectivity index (χ3n) is 5.24. The lowest BCUT2D eigenvalue weighted by atomic mass is 10.1. The Morgan fingerprint density at radius 3 is 1.93 bits per heavy atom. The van der Waals surface area contributed by atoms with Gasteiger partial charge in [-0.05, 0) is 43.2 Å². The lowest BCUT2D eigenvalue weighted by molar-refractivity contribution is -0.132. The molecule has 1 aliphatic heterocycles. The molecule has 0 bridgehead atoms. The number of benzene rings is 2. The van der Waals surface area contributed by atoms with Gasteiger partial charge in [-0.3, -0.25) is 14.4 Å². The normalized spacial score (nSPS) is 13.9. The molecule has 0 spiro atoms. The van der Waals surface area contributed by atoms with Gasteiger partial charge >= 0.3 is 0 Å². The predicted molar refractivity (Wildman–Crippen MR) is 110 cm³/mol. The number of piperazine rings is 1. The fourth-order valence-electron chi connectivity index (χ4n) is 3.39. The Balaban J connectivity index is 1.47. The van der Waals surface area contributed by atoms with E-state index in [4.69, 9.17) is 4.74 Å². The Labute approximate surface area is 171 Å². The summed E-state index contributed by atoms with van der Waals surface area (Å²) in [4.78, 5) is 40.1. The van der Waals surface area contributed by atoms with Gasteiger partial charge in [0.25, 0.3) is 5.91 Å². The maximum absolute atomic E-state index is 12.6. The molecule has 0 N–H and O–H groups in total. The van der Waals surface area contributed by atoms with Gasteiger partial charge in [-0.1, -0.05) is 24.3 Å². The van der Waals surface area contributed by atoms with Crippen LogP contribution >= 0.6 is 0 Å². The standard InChI is InChI=1S/C23H26N2O4/c1-17(26)19-6-3-18(4-7-19)5-12-22(27)24-13-15-25(16-14-24)23(28)20-8-10-21(29-2)11-9-20/h3-4,6-11H,5,12-16H2,1-2H3. The summed E-state index contributed by atoms with van der Waals surface area (Å²) in [5.41, 5.74) is 2.34. The van der Waals surface area contributed by atoms with E-state index in [9.17, 15) is 14.4 Å². The topological polar surface area (TPSA) is 66.9 Å². The molecular weight excluding hydrogens is 368 g/mol. The molecule has 2 aromatic carbocycles. The molecule has 29 heavy (non-hydrogen) atoms. The third kappa shape index (κ3) is 5.22. The second kappa shape index (κ2) is 9.37. The Morgan fingerprint density at radius 1 is 0.828 bits per heavy atom. The highest BCUT2D eigenvalue weighted by atomic mass is 16.5. The van der Waals surface area contributed by atoms with E-state index < -0.39 is 0 Å². The highest BCUT2D eigenvalue weighted by molar-refractivity contribution is 5.94. The number of Topliss-reactive ketones (excluding diaryl/α,β-unsaturated/α-hetero) is 1. The molecular formula is C23H26N2O4. The Kier molecular flexibility index (Phi) is 6.65. The fourth-order valence-corrected chi connectivity index (χ4v) is 3.39. The number of rotatable bonds is 6. The van der Waals surface area contributed by atoms with E-state index in [0.29, 0.717) is 55.9 Å². The number of amides is 2. The fraction of sp³-hybridized carbons (Fsp3) is 0.348. The maximum Gasteiger partial charge on any atom is 0.253 e. The average Bonchev–Trinajstić information content (AvgIpc) is 2.77. The molecule has 1 aliphatic rings. The summed E-state index contributed by atoms with van der Waals surface area (Å²) in [6, 6.07) is 14.5. The SMILES string of the molecule is COc1ccc(C(=O)N2CCN(C(=O)CCc3ccc(C(C)=O)cc3)CC2)cc1. The van der Waals surface area contributed by atoms with Crippen molar-refractivity contribution in [2.75, 3.05) is 33.3 Å². The predicted octanol–water partition coefficient (Wildman–Crippen LogP) is 2.82. The van der Waals surface area contributed by atoms with Crippen LogP contribution < -0.4 is 4.74 Å². The van der Waals surface area contributed by atoms with Crippen LogP contribution in [0.3, 0.4) is 0 Å². The van der Waals surface area contributed by atoms with Crippen LogP contribution in [0.1, 0.15) is 39.6 Å².